The Morgan fingerprint density at radius 2 is 1.24 bits per heavy atom. The van der Waals surface area contributed by atoms with E-state index in [0.29, 0.717) is 5.89 Å². The summed E-state index contributed by atoms with van der Waals surface area (Å²) in [4.78, 5) is 7.34. The second-order valence-electron chi connectivity index (χ2n) is 16.1. The van der Waals surface area contributed by atoms with Gasteiger partial charge in [0.15, 0.2) is 5.58 Å². The fourth-order valence-electron chi connectivity index (χ4n) is 9.94. The van der Waals surface area contributed by atoms with Crippen LogP contribution in [-0.2, 0) is 31.1 Å². The zero-order valence-electron chi connectivity index (χ0n) is 31.4. The molecule has 0 atom stereocenters. The zero-order valence-corrected chi connectivity index (χ0v) is 31.4. The first-order valence-electron chi connectivity index (χ1n) is 19.9. The maximum atomic E-state index is 6.32. The summed E-state index contributed by atoms with van der Waals surface area (Å²) in [7, 11) is 0. The Bertz CT molecular complexity index is 2760. The van der Waals surface area contributed by atoms with Crippen LogP contribution in [0.1, 0.15) is 60.1 Å². The number of nitrogens with zero attached hydrogens (tertiary/aromatic N) is 2. The van der Waals surface area contributed by atoms with Crippen molar-refractivity contribution in [1.29, 1.82) is 0 Å². The van der Waals surface area contributed by atoms with E-state index in [-0.39, 0.29) is 5.41 Å². The average Bonchev–Trinajstić information content (AvgIpc) is 4.04. The van der Waals surface area contributed by atoms with E-state index in [2.05, 4.69) is 140 Å². The van der Waals surface area contributed by atoms with E-state index in [4.69, 9.17) is 9.40 Å². The second kappa shape index (κ2) is 12.4. The highest BCUT2D eigenvalue weighted by molar-refractivity contribution is 5.97. The van der Waals surface area contributed by atoms with Gasteiger partial charge >= 0.3 is 0 Å². The van der Waals surface area contributed by atoms with Crippen LogP contribution in [0, 0.1) is 0 Å². The molecule has 8 aromatic rings. The van der Waals surface area contributed by atoms with Gasteiger partial charge in [0.05, 0.1) is 0 Å². The summed E-state index contributed by atoms with van der Waals surface area (Å²) < 4.78 is 6.32. The van der Waals surface area contributed by atoms with E-state index < -0.39 is 0 Å². The number of hydrogen-bond donors (Lipinski definition) is 0. The van der Waals surface area contributed by atoms with Crippen molar-refractivity contribution >= 4 is 28.2 Å². The second-order valence-corrected chi connectivity index (χ2v) is 16.1. The van der Waals surface area contributed by atoms with Crippen molar-refractivity contribution in [2.45, 2.75) is 57.8 Å². The molecule has 3 heteroatoms. The Morgan fingerprint density at radius 1 is 0.509 bits per heavy atom. The van der Waals surface area contributed by atoms with Gasteiger partial charge in [0.25, 0.3) is 0 Å². The fourth-order valence-corrected chi connectivity index (χ4v) is 9.94. The molecule has 11 rings (SSSR count). The predicted octanol–water partition coefficient (Wildman–Crippen LogP) is 13.6. The van der Waals surface area contributed by atoms with Gasteiger partial charge in [-0.3, -0.25) is 0 Å². The SMILES string of the molecule is CC1(C)c2ccccc2-c2c(-c3cc4c(c5c3CCC5)CCC4)cc(N(c3ccc(-c4ccccc4)cc3)c3cccc(-c4nc5ccccc5o4)c3)cc21. The molecule has 1 heterocycles. The molecule has 0 unspecified atom stereocenters. The predicted molar refractivity (Wildman–Crippen MR) is 227 cm³/mol. The molecule has 3 nitrogen and oxygen atoms in total. The van der Waals surface area contributed by atoms with Gasteiger partial charge in [0, 0.05) is 28.0 Å². The largest absolute Gasteiger partial charge is 0.436 e. The van der Waals surface area contributed by atoms with Crippen LogP contribution in [0.25, 0.3) is 55.9 Å². The minimum Gasteiger partial charge on any atom is -0.436 e. The Hall–Kier alpha value is -6.19. The molecular formula is C52H42N2O. The quantitative estimate of drug-likeness (QED) is 0.172. The van der Waals surface area contributed by atoms with Crippen molar-refractivity contribution in [3.63, 3.8) is 0 Å². The number of aromatic nitrogens is 1. The van der Waals surface area contributed by atoms with Crippen molar-refractivity contribution in [1.82, 2.24) is 4.98 Å². The van der Waals surface area contributed by atoms with Crippen LogP contribution in [0.2, 0.25) is 0 Å². The number of hydrogen-bond acceptors (Lipinski definition) is 3. The monoisotopic (exact) mass is 710 g/mol. The Morgan fingerprint density at radius 3 is 2.11 bits per heavy atom. The Labute approximate surface area is 322 Å². The smallest absolute Gasteiger partial charge is 0.227 e. The molecule has 0 spiro atoms. The lowest BCUT2D eigenvalue weighted by Gasteiger charge is -2.30. The highest BCUT2D eigenvalue weighted by Crippen LogP contribution is 2.56. The molecule has 3 aliphatic rings. The number of fused-ring (bicyclic) bond motifs is 7. The molecule has 7 aromatic carbocycles. The lowest BCUT2D eigenvalue weighted by molar-refractivity contribution is 0.620. The average molecular weight is 711 g/mol. The molecule has 0 saturated carbocycles. The first kappa shape index (κ1) is 32.3. The third-order valence-electron chi connectivity index (χ3n) is 12.6. The molecule has 0 saturated heterocycles. The van der Waals surface area contributed by atoms with E-state index in [0.717, 1.165) is 40.1 Å². The van der Waals surface area contributed by atoms with Gasteiger partial charge in [-0.1, -0.05) is 105 Å². The molecule has 0 radical (unpaired) electrons. The number of para-hydroxylation sites is 2. The van der Waals surface area contributed by atoms with E-state index in [9.17, 15) is 0 Å². The van der Waals surface area contributed by atoms with Crippen LogP contribution in [0.5, 0.6) is 0 Å². The van der Waals surface area contributed by atoms with Gasteiger partial charge < -0.3 is 9.32 Å². The van der Waals surface area contributed by atoms with E-state index in [1.54, 1.807) is 22.3 Å². The summed E-state index contributed by atoms with van der Waals surface area (Å²) >= 11 is 0. The molecule has 0 N–H and O–H groups in total. The maximum Gasteiger partial charge on any atom is 0.227 e. The lowest BCUT2D eigenvalue weighted by Crippen LogP contribution is -2.17. The molecule has 0 bridgehead atoms. The third-order valence-corrected chi connectivity index (χ3v) is 12.6. The molecule has 55 heavy (non-hydrogen) atoms. The summed E-state index contributed by atoms with van der Waals surface area (Å²) in [5, 5.41) is 0. The van der Waals surface area contributed by atoms with Gasteiger partial charge in [-0.2, -0.15) is 0 Å². The van der Waals surface area contributed by atoms with Crippen LogP contribution >= 0.6 is 0 Å². The summed E-state index contributed by atoms with van der Waals surface area (Å²) in [6, 6.07) is 53.1. The van der Waals surface area contributed by atoms with Crippen molar-refractivity contribution in [2.75, 3.05) is 4.90 Å². The number of anilines is 3. The van der Waals surface area contributed by atoms with Gasteiger partial charge in [-0.25, -0.2) is 4.98 Å². The van der Waals surface area contributed by atoms with Gasteiger partial charge in [0.2, 0.25) is 5.89 Å². The van der Waals surface area contributed by atoms with Crippen molar-refractivity contribution < 1.29 is 4.42 Å². The summed E-state index contributed by atoms with van der Waals surface area (Å²) in [6.45, 7) is 4.82. The molecule has 1 aromatic heterocycles. The van der Waals surface area contributed by atoms with Gasteiger partial charge in [-0.05, 0) is 160 Å². The summed E-state index contributed by atoms with van der Waals surface area (Å²) in [6.07, 6.45) is 7.28. The van der Waals surface area contributed by atoms with Crippen LogP contribution in [-0.4, -0.2) is 4.98 Å². The summed E-state index contributed by atoms with van der Waals surface area (Å²) in [5.41, 5.74) is 23.0. The van der Waals surface area contributed by atoms with E-state index in [1.165, 1.54) is 76.6 Å². The van der Waals surface area contributed by atoms with Crippen molar-refractivity contribution in [3.8, 4) is 44.8 Å². The normalized spacial score (nSPS) is 14.8. The third kappa shape index (κ3) is 5.13. The van der Waals surface area contributed by atoms with Crippen LogP contribution < -0.4 is 4.90 Å². The van der Waals surface area contributed by atoms with Gasteiger partial charge in [-0.15, -0.1) is 0 Å². The van der Waals surface area contributed by atoms with Crippen molar-refractivity contribution in [3.05, 3.63) is 179 Å². The van der Waals surface area contributed by atoms with Crippen LogP contribution in [0.15, 0.2) is 150 Å². The number of rotatable bonds is 6. The molecule has 266 valence electrons. The highest BCUT2D eigenvalue weighted by atomic mass is 16.3. The Balaban J connectivity index is 1.16. The molecular weight excluding hydrogens is 669 g/mol. The minimum atomic E-state index is -0.167. The maximum absolute atomic E-state index is 6.32. The highest BCUT2D eigenvalue weighted by Gasteiger charge is 2.39. The standard InChI is InChI=1S/C52H42N2O/c1-52(2)46-22-7-6-18-43(46)50-45(44-30-35-15-11-19-40(35)41-20-12-21-42(41)44)31-39(32-47(50)52)54(37-27-25-34(26-28-37)33-13-4-3-5-14-33)38-17-10-16-36(29-38)51-53-48-23-8-9-24-49(48)55-51/h3-10,13-14,16-18,22-32H,11-12,15,19-21H2,1-2H3. The van der Waals surface area contributed by atoms with E-state index >= 15 is 0 Å². The summed E-state index contributed by atoms with van der Waals surface area (Å²) in [5.74, 6) is 0.627. The van der Waals surface area contributed by atoms with Crippen LogP contribution in [0.4, 0.5) is 17.1 Å². The van der Waals surface area contributed by atoms with Crippen molar-refractivity contribution in [2.24, 2.45) is 0 Å². The number of benzene rings is 7. The molecule has 0 fully saturated rings. The fraction of sp³-hybridized carbons (Fsp3) is 0.173. The Kier molecular flexibility index (Phi) is 7.29. The molecule has 0 amide bonds. The molecule has 0 aliphatic heterocycles. The van der Waals surface area contributed by atoms with Gasteiger partial charge in [0.1, 0.15) is 5.52 Å². The molecule has 3 aliphatic carbocycles. The number of oxazole rings is 1. The topological polar surface area (TPSA) is 29.3 Å². The number of aryl methyl sites for hydroxylation is 1. The van der Waals surface area contributed by atoms with Crippen LogP contribution in [0.3, 0.4) is 0 Å². The zero-order chi connectivity index (χ0) is 36.7. The lowest BCUT2D eigenvalue weighted by atomic mass is 9.81. The van der Waals surface area contributed by atoms with E-state index in [1.807, 2.05) is 24.3 Å². The first-order chi connectivity index (χ1) is 27.0. The first-order valence-corrected chi connectivity index (χ1v) is 19.9. The minimum absolute atomic E-state index is 0.167.